The van der Waals surface area contributed by atoms with Crippen molar-refractivity contribution in [3.8, 4) is 0 Å². The average Bonchev–Trinajstić information content (AvgIpc) is 2.99. The minimum absolute atomic E-state index is 0.125. The Bertz CT molecular complexity index is 772. The van der Waals surface area contributed by atoms with Crippen molar-refractivity contribution in [3.05, 3.63) is 57.5 Å². The van der Waals surface area contributed by atoms with Gasteiger partial charge in [0.25, 0.3) is 5.69 Å². The Morgan fingerprint density at radius 2 is 2.05 bits per heavy atom. The van der Waals surface area contributed by atoms with Crippen LogP contribution in [0.5, 0.6) is 0 Å². The summed E-state index contributed by atoms with van der Waals surface area (Å²) in [7, 11) is 0. The lowest BCUT2D eigenvalue weighted by atomic mass is 10.1. The first-order valence-corrected chi connectivity index (χ1v) is 6.76. The van der Waals surface area contributed by atoms with Crippen LogP contribution in [0.15, 0.2) is 30.3 Å². The van der Waals surface area contributed by atoms with Gasteiger partial charge in [-0.15, -0.1) is 0 Å². The molecule has 7 heteroatoms. The molecule has 3 rings (SSSR count). The van der Waals surface area contributed by atoms with E-state index in [1.165, 1.54) is 0 Å². The van der Waals surface area contributed by atoms with Gasteiger partial charge in [-0.25, -0.2) is 0 Å². The van der Waals surface area contributed by atoms with Crippen LogP contribution in [0.3, 0.4) is 0 Å². The molecule has 1 aromatic carbocycles. The molecule has 0 unspecified atom stereocenters. The van der Waals surface area contributed by atoms with E-state index in [2.05, 4.69) is 15.3 Å². The van der Waals surface area contributed by atoms with Gasteiger partial charge >= 0.3 is 0 Å². The highest BCUT2D eigenvalue weighted by atomic mass is 16.6. The van der Waals surface area contributed by atoms with Crippen LogP contribution in [0.2, 0.25) is 0 Å². The van der Waals surface area contributed by atoms with Gasteiger partial charge in [0.05, 0.1) is 10.6 Å². The van der Waals surface area contributed by atoms with Crippen LogP contribution in [0.4, 0.5) is 5.69 Å². The summed E-state index contributed by atoms with van der Waals surface area (Å²) in [4.78, 5) is 10.2. The van der Waals surface area contributed by atoms with Crippen LogP contribution < -0.4 is 0 Å². The van der Waals surface area contributed by atoms with Crippen molar-refractivity contribution in [2.45, 2.75) is 26.2 Å². The fraction of sp³-hybridized carbons (Fsp3) is 0.286. The molecule has 0 fully saturated rings. The van der Waals surface area contributed by atoms with Crippen LogP contribution in [0.25, 0.3) is 5.65 Å². The van der Waals surface area contributed by atoms with Gasteiger partial charge in [-0.2, -0.15) is 14.7 Å². The molecule has 0 saturated heterocycles. The number of H-pyrrole nitrogens is 1. The Hall–Kier alpha value is -2.70. The molecule has 0 amide bonds. The first-order chi connectivity index (χ1) is 10.1. The zero-order valence-electron chi connectivity index (χ0n) is 11.6. The summed E-state index contributed by atoms with van der Waals surface area (Å²) in [6.45, 7) is 1.95. The zero-order valence-corrected chi connectivity index (χ0v) is 11.6. The number of benzene rings is 1. The molecule has 1 N–H and O–H groups in total. The number of aromatic amines is 1. The molecule has 2 aromatic heterocycles. The van der Waals surface area contributed by atoms with Crippen LogP contribution in [0, 0.1) is 17.0 Å². The predicted octanol–water partition coefficient (Wildman–Crippen LogP) is 2.45. The Balaban J connectivity index is 1.61. The minimum atomic E-state index is -0.385. The van der Waals surface area contributed by atoms with Crippen LogP contribution >= 0.6 is 0 Å². The van der Waals surface area contributed by atoms with Gasteiger partial charge in [0.1, 0.15) is 0 Å². The first-order valence-electron chi connectivity index (χ1n) is 6.76. The SMILES string of the molecule is Cc1cc2[nH]nc(CCCc3ccc([N+](=O)[O-])cc3)n2n1. The molecule has 0 bridgehead atoms. The topological polar surface area (TPSA) is 89.1 Å². The number of nitrogens with one attached hydrogen (secondary N) is 1. The van der Waals surface area contributed by atoms with Gasteiger partial charge in [-0.05, 0) is 25.3 Å². The number of nitrogens with zero attached hydrogens (tertiary/aromatic N) is 4. The molecule has 0 radical (unpaired) electrons. The van der Waals surface area contributed by atoms with Gasteiger partial charge in [0, 0.05) is 24.6 Å². The number of hydrogen-bond acceptors (Lipinski definition) is 4. The van der Waals surface area contributed by atoms with Crippen molar-refractivity contribution in [2.75, 3.05) is 0 Å². The van der Waals surface area contributed by atoms with E-state index < -0.39 is 0 Å². The predicted molar refractivity (Wildman–Crippen MR) is 77.2 cm³/mol. The maximum absolute atomic E-state index is 10.6. The third kappa shape index (κ3) is 2.76. The van der Waals surface area contributed by atoms with Crippen molar-refractivity contribution >= 4 is 11.3 Å². The van der Waals surface area contributed by atoms with Crippen LogP contribution in [-0.2, 0) is 12.8 Å². The number of non-ortho nitro benzene ring substituents is 1. The van der Waals surface area contributed by atoms with Crippen LogP contribution in [-0.4, -0.2) is 24.7 Å². The van der Waals surface area contributed by atoms with E-state index in [-0.39, 0.29) is 10.6 Å². The lowest BCUT2D eigenvalue weighted by Crippen LogP contribution is -1.98. The van der Waals surface area contributed by atoms with Crippen molar-refractivity contribution in [3.63, 3.8) is 0 Å². The van der Waals surface area contributed by atoms with E-state index in [0.717, 1.165) is 42.0 Å². The minimum Gasteiger partial charge on any atom is -0.259 e. The second-order valence-corrected chi connectivity index (χ2v) is 5.00. The average molecular weight is 285 g/mol. The molecule has 7 nitrogen and oxygen atoms in total. The van der Waals surface area contributed by atoms with Crippen LogP contribution in [0.1, 0.15) is 23.5 Å². The Kier molecular flexibility index (Phi) is 3.39. The van der Waals surface area contributed by atoms with E-state index in [9.17, 15) is 10.1 Å². The Morgan fingerprint density at radius 1 is 1.29 bits per heavy atom. The number of nitro groups is 1. The monoisotopic (exact) mass is 285 g/mol. The molecule has 108 valence electrons. The third-order valence-electron chi connectivity index (χ3n) is 3.39. The summed E-state index contributed by atoms with van der Waals surface area (Å²) < 4.78 is 1.82. The quantitative estimate of drug-likeness (QED) is 0.576. The standard InChI is InChI=1S/C14H15N5O2/c1-10-9-14-16-15-13(18(14)17-10)4-2-3-11-5-7-12(8-6-11)19(20)21/h5-9,16H,2-4H2,1H3. The smallest absolute Gasteiger partial charge is 0.259 e. The fourth-order valence-corrected chi connectivity index (χ4v) is 2.34. The van der Waals surface area contributed by atoms with Crippen molar-refractivity contribution < 1.29 is 4.92 Å². The first kappa shape index (κ1) is 13.3. The van der Waals surface area contributed by atoms with Gasteiger partial charge < -0.3 is 0 Å². The maximum atomic E-state index is 10.6. The van der Waals surface area contributed by atoms with Gasteiger partial charge in [0.2, 0.25) is 0 Å². The lowest BCUT2D eigenvalue weighted by Gasteiger charge is -2.00. The molecule has 0 saturated carbocycles. The van der Waals surface area contributed by atoms with Gasteiger partial charge in [-0.1, -0.05) is 12.1 Å². The van der Waals surface area contributed by atoms with Gasteiger partial charge in [0.15, 0.2) is 11.5 Å². The Morgan fingerprint density at radius 3 is 2.76 bits per heavy atom. The summed E-state index contributed by atoms with van der Waals surface area (Å²) in [5.74, 6) is 0.903. The number of rotatable bonds is 5. The van der Waals surface area contributed by atoms with Gasteiger partial charge in [-0.3, -0.25) is 15.2 Å². The molecule has 3 aromatic rings. The molecular formula is C14H15N5O2. The summed E-state index contributed by atoms with van der Waals surface area (Å²) in [5, 5.41) is 22.2. The molecule has 2 heterocycles. The number of fused-ring (bicyclic) bond motifs is 1. The molecule has 0 atom stereocenters. The Labute approximate surface area is 120 Å². The van der Waals surface area contributed by atoms with Crippen molar-refractivity contribution in [1.82, 2.24) is 19.8 Å². The highest BCUT2D eigenvalue weighted by molar-refractivity contribution is 5.38. The summed E-state index contributed by atoms with van der Waals surface area (Å²) >= 11 is 0. The second kappa shape index (κ2) is 5.35. The molecular weight excluding hydrogens is 270 g/mol. The number of aryl methyl sites for hydroxylation is 3. The molecule has 0 aliphatic rings. The van der Waals surface area contributed by atoms with E-state index >= 15 is 0 Å². The van der Waals surface area contributed by atoms with E-state index in [1.807, 2.05) is 17.5 Å². The number of aromatic nitrogens is 4. The summed E-state index contributed by atoms with van der Waals surface area (Å²) in [5.41, 5.74) is 3.07. The summed E-state index contributed by atoms with van der Waals surface area (Å²) in [6, 6.07) is 8.64. The highest BCUT2D eigenvalue weighted by Gasteiger charge is 2.08. The summed E-state index contributed by atoms with van der Waals surface area (Å²) in [6.07, 6.45) is 2.57. The van der Waals surface area contributed by atoms with E-state index in [4.69, 9.17) is 0 Å². The molecule has 0 aliphatic carbocycles. The largest absolute Gasteiger partial charge is 0.269 e. The number of nitro benzene ring substituents is 1. The molecule has 21 heavy (non-hydrogen) atoms. The van der Waals surface area contributed by atoms with E-state index in [1.54, 1.807) is 24.3 Å². The number of hydrogen-bond donors (Lipinski definition) is 1. The highest BCUT2D eigenvalue weighted by Crippen LogP contribution is 2.14. The normalized spacial score (nSPS) is 11.1. The second-order valence-electron chi connectivity index (χ2n) is 5.00. The van der Waals surface area contributed by atoms with Crippen molar-refractivity contribution in [1.29, 1.82) is 0 Å². The maximum Gasteiger partial charge on any atom is 0.269 e. The fourth-order valence-electron chi connectivity index (χ4n) is 2.34. The van der Waals surface area contributed by atoms with E-state index in [0.29, 0.717) is 0 Å². The molecule has 0 aliphatic heterocycles. The molecule has 0 spiro atoms. The zero-order chi connectivity index (χ0) is 14.8. The van der Waals surface area contributed by atoms with Crippen molar-refractivity contribution in [2.24, 2.45) is 0 Å². The third-order valence-corrected chi connectivity index (χ3v) is 3.39. The lowest BCUT2D eigenvalue weighted by molar-refractivity contribution is -0.384.